The van der Waals surface area contributed by atoms with Gasteiger partial charge < -0.3 is 0 Å². The SMILES string of the molecule is CS(=O)(=O)CC1=Cc2cccc(Cl)c2S1(=O)=O. The van der Waals surface area contributed by atoms with E-state index in [1.165, 1.54) is 12.1 Å². The van der Waals surface area contributed by atoms with E-state index in [1.807, 2.05) is 0 Å². The molecule has 0 saturated heterocycles. The summed E-state index contributed by atoms with van der Waals surface area (Å²) in [7, 11) is -7.16. The number of benzene rings is 1. The Morgan fingerprint density at radius 1 is 1.29 bits per heavy atom. The van der Waals surface area contributed by atoms with Gasteiger partial charge in [-0.05, 0) is 17.7 Å². The summed E-state index contributed by atoms with van der Waals surface area (Å²) in [5.41, 5.74) is 0.441. The average Bonchev–Trinajstić information content (AvgIpc) is 2.37. The Morgan fingerprint density at radius 3 is 2.47 bits per heavy atom. The van der Waals surface area contributed by atoms with Crippen LogP contribution in [0.2, 0.25) is 5.02 Å². The second-order valence-electron chi connectivity index (χ2n) is 3.84. The molecule has 1 aromatic rings. The van der Waals surface area contributed by atoms with Gasteiger partial charge in [0.05, 0.1) is 20.6 Å². The van der Waals surface area contributed by atoms with Gasteiger partial charge in [-0.25, -0.2) is 16.8 Å². The Hall–Kier alpha value is -0.850. The third-order valence-electron chi connectivity index (χ3n) is 2.33. The molecular formula is C10H9ClO4S2. The minimum absolute atomic E-state index is 0.000293. The molecule has 0 fully saturated rings. The molecule has 17 heavy (non-hydrogen) atoms. The molecule has 0 aliphatic carbocycles. The third-order valence-corrected chi connectivity index (χ3v) is 5.72. The van der Waals surface area contributed by atoms with Gasteiger partial charge in [-0.1, -0.05) is 23.7 Å². The largest absolute Gasteiger partial charge is 0.229 e. The van der Waals surface area contributed by atoms with E-state index in [0.29, 0.717) is 5.56 Å². The molecule has 1 heterocycles. The van der Waals surface area contributed by atoms with Crippen LogP contribution in [0, 0.1) is 0 Å². The van der Waals surface area contributed by atoms with E-state index in [1.54, 1.807) is 12.1 Å². The van der Waals surface area contributed by atoms with Gasteiger partial charge in [0.2, 0.25) is 9.84 Å². The van der Waals surface area contributed by atoms with Crippen molar-refractivity contribution < 1.29 is 16.8 Å². The lowest BCUT2D eigenvalue weighted by Gasteiger charge is -2.04. The number of fused-ring (bicyclic) bond motifs is 1. The molecule has 2 rings (SSSR count). The topological polar surface area (TPSA) is 68.3 Å². The molecule has 92 valence electrons. The van der Waals surface area contributed by atoms with Crippen molar-refractivity contribution in [2.45, 2.75) is 4.90 Å². The minimum atomic E-state index is -3.76. The van der Waals surface area contributed by atoms with Crippen molar-refractivity contribution in [3.63, 3.8) is 0 Å². The molecule has 4 nitrogen and oxygen atoms in total. The fourth-order valence-corrected chi connectivity index (χ4v) is 5.34. The highest BCUT2D eigenvalue weighted by Gasteiger charge is 2.33. The molecule has 0 amide bonds. The molecule has 1 aromatic carbocycles. The van der Waals surface area contributed by atoms with Gasteiger partial charge >= 0.3 is 0 Å². The first-order valence-corrected chi connectivity index (χ1v) is 8.56. The highest BCUT2D eigenvalue weighted by molar-refractivity contribution is 7.98. The second-order valence-corrected chi connectivity index (χ2v) is 8.33. The Kier molecular flexibility index (Phi) is 2.84. The molecular weight excluding hydrogens is 284 g/mol. The fourth-order valence-electron chi connectivity index (χ4n) is 1.68. The summed E-state index contributed by atoms with van der Waals surface area (Å²) in [5.74, 6) is -0.500. The molecule has 1 aliphatic heterocycles. The number of halogens is 1. The van der Waals surface area contributed by atoms with Crippen LogP contribution in [0.15, 0.2) is 28.0 Å². The number of hydrogen-bond acceptors (Lipinski definition) is 4. The summed E-state index contributed by atoms with van der Waals surface area (Å²) in [6, 6.07) is 4.68. The van der Waals surface area contributed by atoms with Crippen LogP contribution in [0.4, 0.5) is 0 Å². The lowest BCUT2D eigenvalue weighted by atomic mass is 10.2. The van der Waals surface area contributed by atoms with E-state index in [2.05, 4.69) is 0 Å². The van der Waals surface area contributed by atoms with Crippen molar-refractivity contribution >= 4 is 37.4 Å². The summed E-state index contributed by atoms with van der Waals surface area (Å²) in [5, 5.41) is 0.113. The standard InChI is InChI=1S/C10H9ClO4S2/c1-16(12,13)6-8-5-7-3-2-4-9(11)10(7)17(8,14)15/h2-5H,6H2,1H3. The van der Waals surface area contributed by atoms with Crippen molar-refractivity contribution in [2.75, 3.05) is 12.0 Å². The maximum absolute atomic E-state index is 12.1. The molecule has 0 bridgehead atoms. The molecule has 0 aromatic heterocycles. The van der Waals surface area contributed by atoms with E-state index in [0.717, 1.165) is 6.26 Å². The lowest BCUT2D eigenvalue weighted by Crippen LogP contribution is -2.11. The van der Waals surface area contributed by atoms with Crippen molar-refractivity contribution in [3.8, 4) is 0 Å². The fraction of sp³-hybridized carbons (Fsp3) is 0.200. The van der Waals surface area contributed by atoms with E-state index in [4.69, 9.17) is 11.6 Å². The van der Waals surface area contributed by atoms with Crippen LogP contribution in [-0.2, 0) is 19.7 Å². The van der Waals surface area contributed by atoms with Crippen LogP contribution in [0.1, 0.15) is 5.56 Å². The Balaban J connectivity index is 2.62. The van der Waals surface area contributed by atoms with Crippen LogP contribution in [-0.4, -0.2) is 28.8 Å². The first kappa shape index (κ1) is 12.6. The van der Waals surface area contributed by atoms with Crippen molar-refractivity contribution in [3.05, 3.63) is 33.7 Å². The van der Waals surface area contributed by atoms with Crippen LogP contribution < -0.4 is 0 Å². The van der Waals surface area contributed by atoms with Gasteiger partial charge in [0.1, 0.15) is 0 Å². The monoisotopic (exact) mass is 292 g/mol. The minimum Gasteiger partial charge on any atom is -0.229 e. The number of rotatable bonds is 2. The van der Waals surface area contributed by atoms with Crippen molar-refractivity contribution in [1.82, 2.24) is 0 Å². The average molecular weight is 293 g/mol. The Labute approximate surface area is 105 Å². The van der Waals surface area contributed by atoms with E-state index < -0.39 is 25.4 Å². The summed E-state index contributed by atoms with van der Waals surface area (Å²) >= 11 is 5.83. The van der Waals surface area contributed by atoms with Crippen LogP contribution in [0.3, 0.4) is 0 Å². The summed E-state index contributed by atoms with van der Waals surface area (Å²) in [4.78, 5) is -0.122. The zero-order chi connectivity index (χ0) is 12.8. The molecule has 0 saturated carbocycles. The molecule has 0 atom stereocenters. The summed E-state index contributed by atoms with van der Waals surface area (Å²) < 4.78 is 46.5. The summed E-state index contributed by atoms with van der Waals surface area (Å²) in [6.07, 6.45) is 2.35. The van der Waals surface area contributed by atoms with Crippen LogP contribution >= 0.6 is 11.6 Å². The molecule has 0 unspecified atom stereocenters. The zero-order valence-corrected chi connectivity index (χ0v) is 11.2. The van der Waals surface area contributed by atoms with E-state index in [-0.39, 0.29) is 14.8 Å². The molecule has 1 aliphatic rings. The van der Waals surface area contributed by atoms with Crippen molar-refractivity contribution in [1.29, 1.82) is 0 Å². The molecule has 0 N–H and O–H groups in total. The smallest absolute Gasteiger partial charge is 0.205 e. The third kappa shape index (κ3) is 2.25. The molecule has 0 spiro atoms. The lowest BCUT2D eigenvalue weighted by molar-refractivity contribution is 0.596. The van der Waals surface area contributed by atoms with E-state index >= 15 is 0 Å². The van der Waals surface area contributed by atoms with Crippen molar-refractivity contribution in [2.24, 2.45) is 0 Å². The number of hydrogen-bond donors (Lipinski definition) is 0. The van der Waals surface area contributed by atoms with Gasteiger partial charge in [-0.2, -0.15) is 0 Å². The molecule has 7 heteroatoms. The second kappa shape index (κ2) is 3.83. The van der Waals surface area contributed by atoms with Crippen LogP contribution in [0.25, 0.3) is 6.08 Å². The van der Waals surface area contributed by atoms with Gasteiger partial charge in [0.25, 0.3) is 0 Å². The highest BCUT2D eigenvalue weighted by Crippen LogP contribution is 2.37. The predicted octanol–water partition coefficient (Wildman–Crippen LogP) is 1.51. The predicted molar refractivity (Wildman–Crippen MR) is 66.3 cm³/mol. The Bertz CT molecular complexity index is 715. The zero-order valence-electron chi connectivity index (χ0n) is 8.84. The van der Waals surface area contributed by atoms with Gasteiger partial charge in [-0.15, -0.1) is 0 Å². The number of sulfone groups is 2. The Morgan fingerprint density at radius 2 is 1.94 bits per heavy atom. The highest BCUT2D eigenvalue weighted by atomic mass is 35.5. The maximum atomic E-state index is 12.1. The quantitative estimate of drug-likeness (QED) is 0.828. The maximum Gasteiger partial charge on any atom is 0.205 e. The van der Waals surface area contributed by atoms with Gasteiger partial charge in [0, 0.05) is 6.26 Å². The van der Waals surface area contributed by atoms with Crippen LogP contribution in [0.5, 0.6) is 0 Å². The summed E-state index contributed by atoms with van der Waals surface area (Å²) in [6.45, 7) is 0. The van der Waals surface area contributed by atoms with Gasteiger partial charge in [-0.3, -0.25) is 0 Å². The molecule has 0 radical (unpaired) electrons. The normalized spacial score (nSPS) is 17.6. The first-order valence-electron chi connectivity index (χ1n) is 4.64. The van der Waals surface area contributed by atoms with Gasteiger partial charge in [0.15, 0.2) is 9.84 Å². The van der Waals surface area contributed by atoms with E-state index in [9.17, 15) is 16.8 Å². The first-order chi connectivity index (χ1) is 7.72.